The van der Waals surface area contributed by atoms with Crippen LogP contribution in [0.15, 0.2) is 18.2 Å². The highest BCUT2D eigenvalue weighted by Crippen LogP contribution is 2.31. The first-order valence-corrected chi connectivity index (χ1v) is 5.44. The number of nitrogens with zero attached hydrogens (tertiary/aromatic N) is 1. The molecule has 0 aliphatic carbocycles. The lowest BCUT2D eigenvalue weighted by atomic mass is 10.3. The van der Waals surface area contributed by atoms with Gasteiger partial charge in [-0.3, -0.25) is 5.32 Å². The summed E-state index contributed by atoms with van der Waals surface area (Å²) in [6, 6.07) is 5.19. The van der Waals surface area contributed by atoms with Crippen LogP contribution in [0.1, 0.15) is 0 Å². The van der Waals surface area contributed by atoms with Crippen LogP contribution in [0.3, 0.4) is 0 Å². The fourth-order valence-electron chi connectivity index (χ4n) is 1.13. The van der Waals surface area contributed by atoms with E-state index in [0.29, 0.717) is 10.2 Å². The van der Waals surface area contributed by atoms with Crippen LogP contribution >= 0.6 is 22.9 Å². The van der Waals surface area contributed by atoms with Crippen LogP contribution in [0.5, 0.6) is 0 Å². The minimum absolute atomic E-state index is 0.287. The largest absolute Gasteiger partial charge is 0.341 e. The third-order valence-electron chi connectivity index (χ3n) is 1.81. The van der Waals surface area contributed by atoms with E-state index in [4.69, 9.17) is 11.6 Å². The summed E-state index contributed by atoms with van der Waals surface area (Å²) in [5, 5.41) is 6.25. The molecule has 15 heavy (non-hydrogen) atoms. The Balaban J connectivity index is 2.39. The molecule has 0 aliphatic rings. The first-order valence-electron chi connectivity index (χ1n) is 4.24. The number of aromatic nitrogens is 1. The summed E-state index contributed by atoms with van der Waals surface area (Å²) in [6.07, 6.45) is 0. The summed E-state index contributed by atoms with van der Waals surface area (Å²) in [5.74, 6) is 0. The molecular formula is C9H8ClN3OS. The predicted molar refractivity (Wildman–Crippen MR) is 62.7 cm³/mol. The number of nitrogens with one attached hydrogen (secondary N) is 2. The smallest absolute Gasteiger partial charge is 0.320 e. The normalized spacial score (nSPS) is 10.3. The van der Waals surface area contributed by atoms with Crippen LogP contribution in [0.25, 0.3) is 10.2 Å². The number of urea groups is 1. The fourth-order valence-corrected chi connectivity index (χ4v) is 2.28. The van der Waals surface area contributed by atoms with Crippen molar-refractivity contribution in [2.24, 2.45) is 0 Å². The predicted octanol–water partition coefficient (Wildman–Crippen LogP) is 2.70. The van der Waals surface area contributed by atoms with Crippen molar-refractivity contribution in [2.45, 2.75) is 0 Å². The average Bonchev–Trinajstić information content (AvgIpc) is 2.62. The van der Waals surface area contributed by atoms with Crippen molar-refractivity contribution >= 4 is 44.3 Å². The molecule has 6 heteroatoms. The van der Waals surface area contributed by atoms with Gasteiger partial charge in [-0.1, -0.05) is 29.0 Å². The van der Waals surface area contributed by atoms with Gasteiger partial charge < -0.3 is 5.32 Å². The third-order valence-corrected chi connectivity index (χ3v) is 3.26. The summed E-state index contributed by atoms with van der Waals surface area (Å²) in [7, 11) is 1.55. The zero-order chi connectivity index (χ0) is 10.8. The van der Waals surface area contributed by atoms with Gasteiger partial charge in [0.2, 0.25) is 0 Å². The highest BCUT2D eigenvalue weighted by Gasteiger charge is 2.08. The number of fused-ring (bicyclic) bond motifs is 1. The van der Waals surface area contributed by atoms with Crippen LogP contribution in [0, 0.1) is 0 Å². The number of benzene rings is 1. The van der Waals surface area contributed by atoms with E-state index in [-0.39, 0.29) is 6.03 Å². The van der Waals surface area contributed by atoms with E-state index < -0.39 is 0 Å². The number of halogens is 1. The molecule has 0 atom stereocenters. The van der Waals surface area contributed by atoms with Crippen molar-refractivity contribution in [3.05, 3.63) is 23.2 Å². The lowest BCUT2D eigenvalue weighted by molar-refractivity contribution is 0.254. The topological polar surface area (TPSA) is 54.0 Å². The number of carbonyl (C=O) groups excluding carboxylic acids is 1. The lowest BCUT2D eigenvalue weighted by Crippen LogP contribution is -2.24. The first-order chi connectivity index (χ1) is 7.20. The zero-order valence-corrected chi connectivity index (χ0v) is 9.45. The molecule has 2 amide bonds. The molecule has 2 N–H and O–H groups in total. The molecule has 1 aromatic carbocycles. The first kappa shape index (κ1) is 10.2. The summed E-state index contributed by atoms with van der Waals surface area (Å²) in [5.41, 5.74) is 0.791. The van der Waals surface area contributed by atoms with Gasteiger partial charge in [-0.05, 0) is 12.1 Å². The van der Waals surface area contributed by atoms with E-state index in [2.05, 4.69) is 15.6 Å². The summed E-state index contributed by atoms with van der Waals surface area (Å²) < 4.78 is 0.880. The van der Waals surface area contributed by atoms with E-state index in [1.54, 1.807) is 13.1 Å². The number of anilines is 1. The molecule has 0 saturated carbocycles. The minimum Gasteiger partial charge on any atom is -0.341 e. The van der Waals surface area contributed by atoms with Gasteiger partial charge in [0.1, 0.15) is 0 Å². The summed E-state index contributed by atoms with van der Waals surface area (Å²) >= 11 is 7.34. The number of hydrogen-bond donors (Lipinski definition) is 2. The van der Waals surface area contributed by atoms with Gasteiger partial charge >= 0.3 is 6.03 Å². The van der Waals surface area contributed by atoms with Crippen molar-refractivity contribution in [1.82, 2.24) is 10.3 Å². The molecule has 1 aromatic heterocycles. The van der Waals surface area contributed by atoms with Gasteiger partial charge in [0, 0.05) is 7.05 Å². The SMILES string of the molecule is CNC(=O)Nc1nc2cccc(Cl)c2s1. The van der Waals surface area contributed by atoms with Crippen LogP contribution in [0.2, 0.25) is 5.02 Å². The summed E-state index contributed by atoms with van der Waals surface area (Å²) in [6.45, 7) is 0. The second-order valence-electron chi connectivity index (χ2n) is 2.81. The van der Waals surface area contributed by atoms with Crippen molar-refractivity contribution < 1.29 is 4.79 Å². The number of thiazole rings is 1. The maximum atomic E-state index is 11.1. The van der Waals surface area contributed by atoms with Crippen LogP contribution in [-0.2, 0) is 0 Å². The molecule has 1 heterocycles. The van der Waals surface area contributed by atoms with Crippen LogP contribution in [-0.4, -0.2) is 18.1 Å². The van der Waals surface area contributed by atoms with E-state index in [0.717, 1.165) is 10.2 Å². The van der Waals surface area contributed by atoms with Gasteiger partial charge in [0.15, 0.2) is 5.13 Å². The maximum absolute atomic E-state index is 11.1. The Morgan fingerprint density at radius 1 is 1.53 bits per heavy atom. The second kappa shape index (κ2) is 4.04. The average molecular weight is 242 g/mol. The molecule has 0 saturated heterocycles. The number of amides is 2. The van der Waals surface area contributed by atoms with Crippen molar-refractivity contribution in [3.63, 3.8) is 0 Å². The Morgan fingerprint density at radius 3 is 3.00 bits per heavy atom. The molecule has 0 aliphatic heterocycles. The van der Waals surface area contributed by atoms with Gasteiger partial charge in [-0.2, -0.15) is 0 Å². The quantitative estimate of drug-likeness (QED) is 0.807. The fraction of sp³-hybridized carbons (Fsp3) is 0.111. The summed E-state index contributed by atoms with van der Waals surface area (Å²) in [4.78, 5) is 15.3. The van der Waals surface area contributed by atoms with E-state index in [9.17, 15) is 4.79 Å². The van der Waals surface area contributed by atoms with E-state index in [1.165, 1.54) is 11.3 Å². The molecule has 4 nitrogen and oxygen atoms in total. The molecule has 0 unspecified atom stereocenters. The molecule has 2 rings (SSSR count). The number of hydrogen-bond acceptors (Lipinski definition) is 3. The lowest BCUT2D eigenvalue weighted by Gasteiger charge is -1.97. The molecule has 0 fully saturated rings. The molecule has 0 spiro atoms. The minimum atomic E-state index is -0.287. The van der Waals surface area contributed by atoms with Gasteiger partial charge in [-0.15, -0.1) is 0 Å². The van der Waals surface area contributed by atoms with Gasteiger partial charge in [0.25, 0.3) is 0 Å². The van der Waals surface area contributed by atoms with Crippen molar-refractivity contribution in [2.75, 3.05) is 12.4 Å². The Morgan fingerprint density at radius 2 is 2.33 bits per heavy atom. The second-order valence-corrected chi connectivity index (χ2v) is 4.22. The van der Waals surface area contributed by atoms with Crippen molar-refractivity contribution in [3.8, 4) is 0 Å². The monoisotopic (exact) mass is 241 g/mol. The van der Waals surface area contributed by atoms with Crippen LogP contribution in [0.4, 0.5) is 9.93 Å². The third kappa shape index (κ3) is 2.03. The van der Waals surface area contributed by atoms with Gasteiger partial charge in [-0.25, -0.2) is 9.78 Å². The molecule has 78 valence electrons. The Bertz CT molecular complexity index is 511. The van der Waals surface area contributed by atoms with Crippen molar-refractivity contribution in [1.29, 1.82) is 0 Å². The Labute approximate surface area is 95.3 Å². The number of rotatable bonds is 1. The van der Waals surface area contributed by atoms with Crippen LogP contribution < -0.4 is 10.6 Å². The molecular weight excluding hydrogens is 234 g/mol. The molecule has 0 radical (unpaired) electrons. The Kier molecular flexibility index (Phi) is 2.75. The number of carbonyl (C=O) groups is 1. The highest BCUT2D eigenvalue weighted by molar-refractivity contribution is 7.23. The zero-order valence-electron chi connectivity index (χ0n) is 7.87. The molecule has 2 aromatic rings. The van der Waals surface area contributed by atoms with Gasteiger partial charge in [0.05, 0.1) is 15.2 Å². The maximum Gasteiger partial charge on any atom is 0.320 e. The highest BCUT2D eigenvalue weighted by atomic mass is 35.5. The van der Waals surface area contributed by atoms with E-state index in [1.807, 2.05) is 12.1 Å². The Hall–Kier alpha value is -1.33. The molecule has 0 bridgehead atoms. The standard InChI is InChI=1S/C9H8ClN3OS/c1-11-8(14)13-9-12-6-4-2-3-5(10)7(6)15-9/h2-4H,1H3,(H2,11,12,13,14). The van der Waals surface area contributed by atoms with E-state index >= 15 is 0 Å².